The molecular formula is C31H27N7OS. The molecule has 6 N–H and O–H groups in total. The summed E-state index contributed by atoms with van der Waals surface area (Å²) in [5.41, 5.74) is 19.4. The first-order valence-corrected chi connectivity index (χ1v) is 14.3. The summed E-state index contributed by atoms with van der Waals surface area (Å²) < 4.78 is 10.2. The molecule has 0 spiro atoms. The Kier molecular flexibility index (Phi) is 5.23. The first-order chi connectivity index (χ1) is 19.7. The minimum absolute atomic E-state index is 0.287. The summed E-state index contributed by atoms with van der Waals surface area (Å²) in [6, 6.07) is 23.2. The van der Waals surface area contributed by atoms with Crippen molar-refractivity contribution < 1.29 is 4.74 Å². The van der Waals surface area contributed by atoms with E-state index in [1.807, 2.05) is 30.5 Å². The lowest BCUT2D eigenvalue weighted by molar-refractivity contribution is 0.173. The highest BCUT2D eigenvalue weighted by Crippen LogP contribution is 2.46. The summed E-state index contributed by atoms with van der Waals surface area (Å²) in [4.78, 5) is 13.2. The fraction of sp³-hybridized carbons (Fsp3) is 0.161. The summed E-state index contributed by atoms with van der Waals surface area (Å²) >= 11 is 1.66. The zero-order valence-corrected chi connectivity index (χ0v) is 22.4. The Morgan fingerprint density at radius 3 is 2.88 bits per heavy atom. The van der Waals surface area contributed by atoms with Gasteiger partial charge in [0.05, 0.1) is 45.1 Å². The normalized spacial score (nSPS) is 18.6. The average molecular weight is 546 g/mol. The zero-order valence-electron chi connectivity index (χ0n) is 21.6. The van der Waals surface area contributed by atoms with E-state index < -0.39 is 6.23 Å². The summed E-state index contributed by atoms with van der Waals surface area (Å²) in [6.45, 7) is 1.03. The number of nitrogens with one attached hydrogen (secondary N) is 2. The van der Waals surface area contributed by atoms with Crippen molar-refractivity contribution in [2.24, 2.45) is 11.5 Å². The molecule has 9 heteroatoms. The van der Waals surface area contributed by atoms with Gasteiger partial charge in [-0.05, 0) is 67.4 Å². The van der Waals surface area contributed by atoms with Gasteiger partial charge >= 0.3 is 0 Å². The predicted octanol–water partition coefficient (Wildman–Crippen LogP) is 5.89. The van der Waals surface area contributed by atoms with Crippen molar-refractivity contribution in [3.05, 3.63) is 95.5 Å². The quantitative estimate of drug-likeness (QED) is 0.219. The van der Waals surface area contributed by atoms with Crippen LogP contribution < -0.4 is 21.5 Å². The van der Waals surface area contributed by atoms with Crippen LogP contribution in [0, 0.1) is 0 Å². The number of imidazole rings is 1. The number of ether oxygens (including phenoxy) is 1. The van der Waals surface area contributed by atoms with Crippen molar-refractivity contribution >= 4 is 38.2 Å². The topological polar surface area (TPSA) is 120 Å². The lowest BCUT2D eigenvalue weighted by atomic mass is 10.0. The SMILES string of the molecule is N/C=C(\N)c1ccc2c(c1)cc1n2[C@H](c2nc3ccccc3s2)Oc2cc(-c3cnc([C@@H]4CCCN4)[nH]3)ccc2-1. The molecule has 8 rings (SSSR count). The molecule has 0 amide bonds. The van der Waals surface area contributed by atoms with Gasteiger partial charge in [0.1, 0.15) is 11.6 Å². The molecule has 1 fully saturated rings. The van der Waals surface area contributed by atoms with E-state index in [0.717, 1.165) is 78.7 Å². The first kappa shape index (κ1) is 23.3. The Hall–Kier alpha value is -4.60. The molecule has 2 atom stereocenters. The summed E-state index contributed by atoms with van der Waals surface area (Å²) in [5, 5.41) is 5.48. The molecule has 0 radical (unpaired) electrons. The van der Waals surface area contributed by atoms with Crippen molar-refractivity contribution in [3.8, 4) is 28.3 Å². The van der Waals surface area contributed by atoms with Crippen LogP contribution in [-0.4, -0.2) is 26.1 Å². The van der Waals surface area contributed by atoms with Crippen LogP contribution in [0.15, 0.2) is 79.1 Å². The third kappa shape index (κ3) is 3.62. The maximum absolute atomic E-state index is 6.82. The second-order valence-electron chi connectivity index (χ2n) is 10.3. The molecular weight excluding hydrogens is 518 g/mol. The van der Waals surface area contributed by atoms with Crippen molar-refractivity contribution in [3.63, 3.8) is 0 Å². The first-order valence-electron chi connectivity index (χ1n) is 13.4. The van der Waals surface area contributed by atoms with Crippen LogP contribution in [0.5, 0.6) is 5.75 Å². The second kappa shape index (κ2) is 8.97. The molecule has 0 bridgehead atoms. The third-order valence-electron chi connectivity index (χ3n) is 7.90. The molecule has 8 nitrogen and oxygen atoms in total. The molecule has 2 aliphatic rings. The Morgan fingerprint density at radius 2 is 2.02 bits per heavy atom. The van der Waals surface area contributed by atoms with Crippen LogP contribution in [0.3, 0.4) is 0 Å². The van der Waals surface area contributed by atoms with Crippen LogP contribution in [-0.2, 0) is 0 Å². The monoisotopic (exact) mass is 545 g/mol. The van der Waals surface area contributed by atoms with E-state index in [1.54, 1.807) is 11.3 Å². The number of nitrogens with zero attached hydrogens (tertiary/aromatic N) is 3. The zero-order chi connectivity index (χ0) is 26.8. The van der Waals surface area contributed by atoms with E-state index >= 15 is 0 Å². The van der Waals surface area contributed by atoms with Gasteiger partial charge in [-0.2, -0.15) is 0 Å². The van der Waals surface area contributed by atoms with Crippen molar-refractivity contribution in [1.29, 1.82) is 0 Å². The Balaban J connectivity index is 1.28. The number of nitrogens with two attached hydrogens (primary N) is 2. The van der Waals surface area contributed by atoms with Gasteiger partial charge in [-0.3, -0.25) is 4.57 Å². The van der Waals surface area contributed by atoms with E-state index in [-0.39, 0.29) is 6.04 Å². The average Bonchev–Trinajstić information content (AvgIpc) is 3.80. The van der Waals surface area contributed by atoms with Gasteiger partial charge in [0.15, 0.2) is 5.01 Å². The number of para-hydroxylation sites is 1. The van der Waals surface area contributed by atoms with Crippen LogP contribution >= 0.6 is 11.3 Å². The largest absolute Gasteiger partial charge is 0.463 e. The molecule has 5 heterocycles. The summed E-state index contributed by atoms with van der Waals surface area (Å²) in [5.74, 6) is 1.80. The predicted molar refractivity (Wildman–Crippen MR) is 160 cm³/mol. The maximum atomic E-state index is 6.82. The van der Waals surface area contributed by atoms with Crippen LogP contribution in [0.1, 0.15) is 41.5 Å². The highest BCUT2D eigenvalue weighted by Gasteiger charge is 2.32. The second-order valence-corrected chi connectivity index (χ2v) is 11.4. The minimum Gasteiger partial charge on any atom is -0.463 e. The number of rotatable bonds is 4. The highest BCUT2D eigenvalue weighted by molar-refractivity contribution is 7.18. The fourth-order valence-electron chi connectivity index (χ4n) is 5.88. The van der Waals surface area contributed by atoms with Gasteiger partial charge < -0.3 is 26.5 Å². The Labute approximate surface area is 234 Å². The smallest absolute Gasteiger partial charge is 0.229 e. The molecule has 2 aliphatic heterocycles. The van der Waals surface area contributed by atoms with Crippen molar-refractivity contribution in [1.82, 2.24) is 24.8 Å². The number of fused-ring (bicyclic) bond motifs is 6. The van der Waals surface area contributed by atoms with E-state index in [4.69, 9.17) is 21.2 Å². The standard InChI is InChI=1S/C31H27N7OS/c32-15-21(33)17-8-10-25-19(12-17)13-26-20-9-7-18(24-16-35-29(36-24)23-5-3-11-34-23)14-27(20)39-31(38(25)26)30-37-22-4-1-2-6-28(22)40-30/h1-2,4,6-10,12-16,23,31,34H,3,5,11,32-33H2,(H,35,36)/b21-15-/t23-,31-/m0/s1. The Bertz CT molecular complexity index is 1910. The summed E-state index contributed by atoms with van der Waals surface area (Å²) in [7, 11) is 0. The van der Waals surface area contributed by atoms with Crippen LogP contribution in [0.4, 0.5) is 0 Å². The minimum atomic E-state index is -0.416. The lowest BCUT2D eigenvalue weighted by Crippen LogP contribution is -2.22. The molecule has 0 aliphatic carbocycles. The molecule has 3 aromatic carbocycles. The number of thiazole rings is 1. The third-order valence-corrected chi connectivity index (χ3v) is 8.97. The van der Waals surface area contributed by atoms with E-state index in [2.05, 4.69) is 62.3 Å². The molecule has 6 aromatic rings. The van der Waals surface area contributed by atoms with Crippen LogP contribution in [0.2, 0.25) is 0 Å². The van der Waals surface area contributed by atoms with Gasteiger partial charge in [-0.1, -0.05) is 24.3 Å². The van der Waals surface area contributed by atoms with Gasteiger partial charge in [0.25, 0.3) is 0 Å². The van der Waals surface area contributed by atoms with E-state index in [1.165, 1.54) is 12.6 Å². The number of hydrogen-bond donors (Lipinski definition) is 4. The fourth-order valence-corrected chi connectivity index (χ4v) is 6.87. The lowest BCUT2D eigenvalue weighted by Gasteiger charge is -2.29. The van der Waals surface area contributed by atoms with Crippen molar-refractivity contribution in [2.75, 3.05) is 6.54 Å². The molecule has 0 saturated carbocycles. The molecule has 40 heavy (non-hydrogen) atoms. The van der Waals surface area contributed by atoms with E-state index in [9.17, 15) is 0 Å². The Morgan fingerprint density at radius 1 is 1.10 bits per heavy atom. The van der Waals surface area contributed by atoms with Crippen molar-refractivity contribution in [2.45, 2.75) is 25.1 Å². The molecule has 3 aromatic heterocycles. The van der Waals surface area contributed by atoms with Crippen LogP contribution in [0.25, 0.3) is 49.3 Å². The van der Waals surface area contributed by atoms with Gasteiger partial charge in [0.2, 0.25) is 6.23 Å². The summed E-state index contributed by atoms with van der Waals surface area (Å²) in [6.07, 6.45) is 5.21. The number of H-pyrrole nitrogens is 1. The molecule has 0 unspecified atom stereocenters. The van der Waals surface area contributed by atoms with Gasteiger partial charge in [-0.25, -0.2) is 9.97 Å². The number of aromatic nitrogens is 4. The van der Waals surface area contributed by atoms with Gasteiger partial charge in [0, 0.05) is 22.7 Å². The highest BCUT2D eigenvalue weighted by atomic mass is 32.1. The number of hydrogen-bond acceptors (Lipinski definition) is 7. The van der Waals surface area contributed by atoms with E-state index in [0.29, 0.717) is 5.70 Å². The molecule has 198 valence electrons. The molecule has 1 saturated heterocycles. The van der Waals surface area contributed by atoms with Gasteiger partial charge in [-0.15, -0.1) is 11.3 Å². The number of aromatic amines is 1. The maximum Gasteiger partial charge on any atom is 0.229 e. The number of benzene rings is 3.